The van der Waals surface area contributed by atoms with Crippen LogP contribution in [0.25, 0.3) is 0 Å². The van der Waals surface area contributed by atoms with Gasteiger partial charge in [0.05, 0.1) is 18.1 Å². The molecule has 1 fully saturated rings. The average Bonchev–Trinajstić information content (AvgIpc) is 3.04. The number of benzene rings is 2. The lowest BCUT2D eigenvalue weighted by Gasteiger charge is -2.16. The van der Waals surface area contributed by atoms with E-state index in [4.69, 9.17) is 15.2 Å². The summed E-state index contributed by atoms with van der Waals surface area (Å²) in [6.45, 7) is 1.48. The summed E-state index contributed by atoms with van der Waals surface area (Å²) >= 11 is 1.36. The van der Waals surface area contributed by atoms with E-state index in [1.165, 1.54) is 17.8 Å². The topological polar surface area (TPSA) is 44.5 Å². The number of hydrogen-bond acceptors (Lipinski definition) is 4. The standard InChI is InChI=1S/C16H16FNO2S/c17-13-6-3-5-12(16-19-8-9-20-16)15(13)21-14-7-2-1-4-11(14)10-18/h1-7,16H,8-10,18H2. The summed E-state index contributed by atoms with van der Waals surface area (Å²) in [4.78, 5) is 1.48. The van der Waals surface area contributed by atoms with E-state index in [2.05, 4.69) is 0 Å². The highest BCUT2D eigenvalue weighted by atomic mass is 32.2. The van der Waals surface area contributed by atoms with Crippen molar-refractivity contribution in [2.45, 2.75) is 22.6 Å². The van der Waals surface area contributed by atoms with Gasteiger partial charge in [-0.3, -0.25) is 0 Å². The molecule has 3 nitrogen and oxygen atoms in total. The first kappa shape index (κ1) is 14.5. The van der Waals surface area contributed by atoms with Gasteiger partial charge in [0.1, 0.15) is 5.82 Å². The molecule has 0 unspecified atom stereocenters. The van der Waals surface area contributed by atoms with E-state index in [1.807, 2.05) is 30.3 Å². The van der Waals surface area contributed by atoms with Crippen LogP contribution in [0.5, 0.6) is 0 Å². The van der Waals surface area contributed by atoms with Crippen molar-refractivity contribution in [2.75, 3.05) is 13.2 Å². The van der Waals surface area contributed by atoms with Crippen molar-refractivity contribution in [2.24, 2.45) is 5.73 Å². The van der Waals surface area contributed by atoms with Gasteiger partial charge in [0, 0.05) is 17.0 Å². The summed E-state index contributed by atoms with van der Waals surface area (Å²) in [5, 5.41) is 0. The van der Waals surface area contributed by atoms with Gasteiger partial charge in [0.25, 0.3) is 0 Å². The van der Waals surface area contributed by atoms with E-state index >= 15 is 0 Å². The van der Waals surface area contributed by atoms with Crippen molar-refractivity contribution in [1.29, 1.82) is 0 Å². The fourth-order valence-electron chi connectivity index (χ4n) is 2.24. The van der Waals surface area contributed by atoms with Gasteiger partial charge in [-0.1, -0.05) is 42.1 Å². The molecule has 0 bridgehead atoms. The van der Waals surface area contributed by atoms with Gasteiger partial charge in [-0.2, -0.15) is 0 Å². The fourth-order valence-corrected chi connectivity index (χ4v) is 3.34. The lowest BCUT2D eigenvalue weighted by molar-refractivity contribution is -0.0463. The maximum atomic E-state index is 14.3. The van der Waals surface area contributed by atoms with Gasteiger partial charge in [-0.25, -0.2) is 4.39 Å². The summed E-state index contributed by atoms with van der Waals surface area (Å²) < 4.78 is 25.3. The van der Waals surface area contributed by atoms with Crippen LogP contribution >= 0.6 is 11.8 Å². The number of ether oxygens (including phenoxy) is 2. The smallest absolute Gasteiger partial charge is 0.185 e. The molecule has 1 saturated heterocycles. The molecule has 0 aliphatic carbocycles. The molecule has 1 aliphatic heterocycles. The average molecular weight is 305 g/mol. The van der Waals surface area contributed by atoms with Crippen molar-refractivity contribution in [3.8, 4) is 0 Å². The Morgan fingerprint density at radius 2 is 1.86 bits per heavy atom. The predicted molar refractivity (Wildman–Crippen MR) is 79.5 cm³/mol. The fraction of sp³-hybridized carbons (Fsp3) is 0.250. The number of hydrogen-bond donors (Lipinski definition) is 1. The van der Waals surface area contributed by atoms with Gasteiger partial charge in [-0.05, 0) is 17.7 Å². The Bertz CT molecular complexity index is 629. The SMILES string of the molecule is NCc1ccccc1Sc1c(F)cccc1C1OCCO1. The van der Waals surface area contributed by atoms with Crippen molar-refractivity contribution >= 4 is 11.8 Å². The first-order chi connectivity index (χ1) is 10.3. The zero-order chi connectivity index (χ0) is 14.7. The van der Waals surface area contributed by atoms with Gasteiger partial charge < -0.3 is 15.2 Å². The van der Waals surface area contributed by atoms with E-state index < -0.39 is 6.29 Å². The van der Waals surface area contributed by atoms with Crippen molar-refractivity contribution in [3.05, 3.63) is 59.4 Å². The Labute approximate surface area is 127 Å². The van der Waals surface area contributed by atoms with E-state index in [0.717, 1.165) is 16.0 Å². The van der Waals surface area contributed by atoms with Crippen LogP contribution < -0.4 is 5.73 Å². The minimum Gasteiger partial charge on any atom is -0.346 e. The van der Waals surface area contributed by atoms with E-state index in [9.17, 15) is 4.39 Å². The number of halogens is 1. The van der Waals surface area contributed by atoms with E-state index in [1.54, 1.807) is 6.07 Å². The first-order valence-electron chi connectivity index (χ1n) is 6.77. The quantitative estimate of drug-likeness (QED) is 0.939. The van der Waals surface area contributed by atoms with Crippen LogP contribution in [0.4, 0.5) is 4.39 Å². The molecule has 2 aromatic carbocycles. The molecule has 0 radical (unpaired) electrons. The largest absolute Gasteiger partial charge is 0.346 e. The minimum absolute atomic E-state index is 0.275. The third kappa shape index (κ3) is 3.11. The molecule has 2 aromatic rings. The molecule has 0 atom stereocenters. The molecule has 1 heterocycles. The summed E-state index contributed by atoms with van der Waals surface area (Å²) in [7, 11) is 0. The highest BCUT2D eigenvalue weighted by Crippen LogP contribution is 2.39. The Hall–Kier alpha value is -1.40. The van der Waals surface area contributed by atoms with Crippen molar-refractivity contribution in [1.82, 2.24) is 0 Å². The molecule has 5 heteroatoms. The molecule has 0 amide bonds. The minimum atomic E-state index is -0.492. The maximum Gasteiger partial charge on any atom is 0.185 e. The molecule has 0 aromatic heterocycles. The Morgan fingerprint density at radius 3 is 2.62 bits per heavy atom. The number of rotatable bonds is 4. The summed E-state index contributed by atoms with van der Waals surface area (Å²) in [5.74, 6) is -0.275. The second-order valence-electron chi connectivity index (χ2n) is 4.65. The third-order valence-corrected chi connectivity index (χ3v) is 4.53. The Balaban J connectivity index is 1.97. The van der Waals surface area contributed by atoms with Gasteiger partial charge in [-0.15, -0.1) is 0 Å². The monoisotopic (exact) mass is 305 g/mol. The van der Waals surface area contributed by atoms with Gasteiger partial charge in [0.15, 0.2) is 6.29 Å². The molecule has 21 heavy (non-hydrogen) atoms. The van der Waals surface area contributed by atoms with Crippen LogP contribution in [0, 0.1) is 5.82 Å². The lowest BCUT2D eigenvalue weighted by atomic mass is 10.2. The highest BCUT2D eigenvalue weighted by Gasteiger charge is 2.24. The molecule has 0 saturated carbocycles. The molecule has 3 rings (SSSR count). The summed E-state index contributed by atoms with van der Waals surface area (Å²) in [6, 6.07) is 12.7. The van der Waals surface area contributed by atoms with Gasteiger partial charge >= 0.3 is 0 Å². The van der Waals surface area contributed by atoms with Crippen LogP contribution in [-0.2, 0) is 16.0 Å². The predicted octanol–water partition coefficient (Wildman–Crippen LogP) is 3.48. The van der Waals surface area contributed by atoms with Crippen molar-refractivity contribution in [3.63, 3.8) is 0 Å². The molecular formula is C16H16FNO2S. The highest BCUT2D eigenvalue weighted by molar-refractivity contribution is 7.99. The third-order valence-electron chi connectivity index (χ3n) is 3.28. The van der Waals surface area contributed by atoms with Crippen LogP contribution in [0.2, 0.25) is 0 Å². The zero-order valence-corrected chi connectivity index (χ0v) is 12.2. The van der Waals surface area contributed by atoms with Crippen LogP contribution in [-0.4, -0.2) is 13.2 Å². The molecular weight excluding hydrogens is 289 g/mol. The molecule has 2 N–H and O–H groups in total. The van der Waals surface area contributed by atoms with Crippen LogP contribution in [0.1, 0.15) is 17.4 Å². The second-order valence-corrected chi connectivity index (χ2v) is 5.70. The van der Waals surface area contributed by atoms with E-state index in [-0.39, 0.29) is 5.82 Å². The number of nitrogens with two attached hydrogens (primary N) is 1. The maximum absolute atomic E-state index is 14.3. The summed E-state index contributed by atoms with van der Waals surface area (Å²) in [5.41, 5.74) is 7.46. The molecule has 1 aliphatic rings. The summed E-state index contributed by atoms with van der Waals surface area (Å²) in [6.07, 6.45) is -0.492. The van der Waals surface area contributed by atoms with Crippen molar-refractivity contribution < 1.29 is 13.9 Å². The molecule has 110 valence electrons. The first-order valence-corrected chi connectivity index (χ1v) is 7.58. The van der Waals surface area contributed by atoms with Crippen LogP contribution in [0.3, 0.4) is 0 Å². The lowest BCUT2D eigenvalue weighted by Crippen LogP contribution is -2.03. The Morgan fingerprint density at radius 1 is 1.10 bits per heavy atom. The van der Waals surface area contributed by atoms with Gasteiger partial charge in [0.2, 0.25) is 0 Å². The zero-order valence-electron chi connectivity index (χ0n) is 11.4. The van der Waals surface area contributed by atoms with E-state index in [0.29, 0.717) is 24.7 Å². The second kappa shape index (κ2) is 6.58. The normalized spacial score (nSPS) is 15.5. The Kier molecular flexibility index (Phi) is 4.55. The van der Waals surface area contributed by atoms with Crippen LogP contribution in [0.15, 0.2) is 52.3 Å². The molecule has 0 spiro atoms.